The first-order valence-electron chi connectivity index (χ1n) is 6.34. The molecule has 0 aliphatic rings. The van der Waals surface area contributed by atoms with Gasteiger partial charge in [0.2, 0.25) is 5.89 Å². The molecule has 0 spiro atoms. The normalized spacial score (nSPS) is 10.9. The van der Waals surface area contributed by atoms with Gasteiger partial charge in [0, 0.05) is 30.7 Å². The number of hydrogen-bond donors (Lipinski definition) is 2. The van der Waals surface area contributed by atoms with E-state index in [1.807, 2.05) is 0 Å². The van der Waals surface area contributed by atoms with Gasteiger partial charge >= 0.3 is 0 Å². The van der Waals surface area contributed by atoms with Crippen molar-refractivity contribution in [2.24, 2.45) is 0 Å². The number of nitrogens with one attached hydrogen (secondary N) is 1. The molecule has 0 unspecified atom stereocenters. The van der Waals surface area contributed by atoms with Crippen molar-refractivity contribution >= 4 is 33.0 Å². The lowest BCUT2D eigenvalue weighted by atomic mass is 10.2. The van der Waals surface area contributed by atoms with Crippen LogP contribution in [0.1, 0.15) is 21.4 Å². The Balaban J connectivity index is 1.68. The Morgan fingerprint density at radius 3 is 3.10 bits per heavy atom. The van der Waals surface area contributed by atoms with Gasteiger partial charge in [-0.15, -0.1) is 11.3 Å². The van der Waals surface area contributed by atoms with E-state index in [4.69, 9.17) is 10.3 Å². The van der Waals surface area contributed by atoms with E-state index in [-0.39, 0.29) is 5.91 Å². The van der Waals surface area contributed by atoms with Crippen LogP contribution in [0.25, 0.3) is 10.1 Å². The molecule has 3 aromatic heterocycles. The van der Waals surface area contributed by atoms with Crippen LogP contribution in [0.2, 0.25) is 0 Å². The molecule has 0 aromatic carbocycles. The van der Waals surface area contributed by atoms with Gasteiger partial charge < -0.3 is 15.6 Å². The number of aryl methyl sites for hydroxylation is 1. The Labute approximate surface area is 124 Å². The molecular formula is C13H13N5O2S. The summed E-state index contributed by atoms with van der Waals surface area (Å²) in [6.07, 6.45) is 3.85. The van der Waals surface area contributed by atoms with Crippen LogP contribution in [-0.2, 0) is 6.42 Å². The maximum Gasteiger partial charge on any atom is 0.263 e. The molecule has 3 heterocycles. The lowest BCUT2D eigenvalue weighted by Gasteiger charge is -2.02. The number of nitrogens with zero attached hydrogens (tertiary/aromatic N) is 3. The molecule has 0 aliphatic carbocycles. The molecule has 3 rings (SSSR count). The summed E-state index contributed by atoms with van der Waals surface area (Å²) in [6.45, 7) is 2.16. The average molecular weight is 303 g/mol. The van der Waals surface area contributed by atoms with E-state index in [9.17, 15) is 4.79 Å². The summed E-state index contributed by atoms with van der Waals surface area (Å²) in [4.78, 5) is 20.8. The number of fused-ring (bicyclic) bond motifs is 1. The molecule has 0 bridgehead atoms. The van der Waals surface area contributed by atoms with Crippen LogP contribution in [0.15, 0.2) is 23.0 Å². The molecule has 0 fully saturated rings. The maximum atomic E-state index is 12.2. The quantitative estimate of drug-likeness (QED) is 0.757. The maximum absolute atomic E-state index is 12.2. The first-order chi connectivity index (χ1) is 10.1. The van der Waals surface area contributed by atoms with Crippen molar-refractivity contribution < 1.29 is 9.32 Å². The van der Waals surface area contributed by atoms with E-state index in [1.165, 1.54) is 11.3 Å². The number of thiophene rings is 1. The van der Waals surface area contributed by atoms with Crippen LogP contribution in [-0.4, -0.2) is 27.6 Å². The molecule has 0 saturated heterocycles. The van der Waals surface area contributed by atoms with Gasteiger partial charge in [0.05, 0.1) is 10.4 Å². The first kappa shape index (κ1) is 13.5. The Kier molecular flexibility index (Phi) is 3.53. The second-order valence-electron chi connectivity index (χ2n) is 4.46. The van der Waals surface area contributed by atoms with Gasteiger partial charge in [-0.1, -0.05) is 5.16 Å². The standard InChI is InChI=1S/C13H13N5O2S/c1-7-17-10(20-18-7)3-5-16-13(19)12-11(14)8-2-4-15-6-9(8)21-12/h2,4,6H,3,5,14H2,1H3,(H,16,19). The third-order valence-electron chi connectivity index (χ3n) is 2.93. The van der Waals surface area contributed by atoms with Gasteiger partial charge in [-0.2, -0.15) is 4.98 Å². The highest BCUT2D eigenvalue weighted by atomic mass is 32.1. The van der Waals surface area contributed by atoms with E-state index in [0.717, 1.165) is 10.1 Å². The first-order valence-corrected chi connectivity index (χ1v) is 7.16. The number of hydrogen-bond acceptors (Lipinski definition) is 7. The second-order valence-corrected chi connectivity index (χ2v) is 5.51. The molecule has 3 aromatic rings. The van der Waals surface area contributed by atoms with Crippen molar-refractivity contribution in [1.82, 2.24) is 20.4 Å². The summed E-state index contributed by atoms with van der Waals surface area (Å²) in [6, 6.07) is 1.80. The number of carbonyl (C=O) groups is 1. The molecule has 1 amide bonds. The zero-order valence-electron chi connectivity index (χ0n) is 11.3. The highest BCUT2D eigenvalue weighted by Gasteiger charge is 2.16. The van der Waals surface area contributed by atoms with Crippen LogP contribution in [0, 0.1) is 6.92 Å². The van der Waals surface area contributed by atoms with E-state index in [0.29, 0.717) is 35.2 Å². The minimum atomic E-state index is -0.204. The van der Waals surface area contributed by atoms with Crippen molar-refractivity contribution in [1.29, 1.82) is 0 Å². The zero-order chi connectivity index (χ0) is 14.8. The van der Waals surface area contributed by atoms with Crippen LogP contribution in [0.4, 0.5) is 5.69 Å². The lowest BCUT2D eigenvalue weighted by Crippen LogP contribution is -2.25. The predicted octanol–water partition coefficient (Wildman–Crippen LogP) is 1.54. The molecule has 3 N–H and O–H groups in total. The molecule has 108 valence electrons. The van der Waals surface area contributed by atoms with Gasteiger partial charge in [-0.25, -0.2) is 0 Å². The smallest absolute Gasteiger partial charge is 0.263 e. The fraction of sp³-hybridized carbons (Fsp3) is 0.231. The number of rotatable bonds is 4. The van der Waals surface area contributed by atoms with Crippen molar-refractivity contribution in [2.75, 3.05) is 12.3 Å². The summed E-state index contributed by atoms with van der Waals surface area (Å²) >= 11 is 1.33. The summed E-state index contributed by atoms with van der Waals surface area (Å²) in [7, 11) is 0. The third kappa shape index (κ3) is 2.70. The van der Waals surface area contributed by atoms with Crippen LogP contribution >= 0.6 is 11.3 Å². The largest absolute Gasteiger partial charge is 0.397 e. The molecule has 7 nitrogen and oxygen atoms in total. The zero-order valence-corrected chi connectivity index (χ0v) is 12.1. The number of amides is 1. The highest BCUT2D eigenvalue weighted by molar-refractivity contribution is 7.21. The SMILES string of the molecule is Cc1noc(CCNC(=O)c2sc3cnccc3c2N)n1. The van der Waals surface area contributed by atoms with Crippen LogP contribution < -0.4 is 11.1 Å². The summed E-state index contributed by atoms with van der Waals surface area (Å²) in [5.74, 6) is 0.879. The summed E-state index contributed by atoms with van der Waals surface area (Å²) in [5.41, 5.74) is 6.50. The molecule has 0 saturated carbocycles. The Morgan fingerprint density at radius 1 is 1.52 bits per heavy atom. The van der Waals surface area contributed by atoms with Crippen molar-refractivity contribution in [3.8, 4) is 0 Å². The van der Waals surface area contributed by atoms with Crippen molar-refractivity contribution in [3.63, 3.8) is 0 Å². The van der Waals surface area contributed by atoms with Gasteiger partial charge in [-0.05, 0) is 13.0 Å². The Bertz CT molecular complexity index is 795. The van der Waals surface area contributed by atoms with Gasteiger partial charge in [0.25, 0.3) is 5.91 Å². The molecule has 0 aliphatic heterocycles. The van der Waals surface area contributed by atoms with E-state index >= 15 is 0 Å². The molecule has 0 atom stereocenters. The topological polar surface area (TPSA) is 107 Å². The molecule has 8 heteroatoms. The highest BCUT2D eigenvalue weighted by Crippen LogP contribution is 2.32. The summed E-state index contributed by atoms with van der Waals surface area (Å²) < 4.78 is 5.88. The predicted molar refractivity (Wildman–Crippen MR) is 79.1 cm³/mol. The fourth-order valence-corrected chi connectivity index (χ4v) is 2.95. The number of nitrogens with two attached hydrogens (primary N) is 1. The van der Waals surface area contributed by atoms with Crippen LogP contribution in [0.3, 0.4) is 0 Å². The van der Waals surface area contributed by atoms with Crippen molar-refractivity contribution in [2.45, 2.75) is 13.3 Å². The van der Waals surface area contributed by atoms with Crippen LogP contribution in [0.5, 0.6) is 0 Å². The number of anilines is 1. The molecular weight excluding hydrogens is 290 g/mol. The van der Waals surface area contributed by atoms with Gasteiger partial charge in [-0.3, -0.25) is 9.78 Å². The minimum absolute atomic E-state index is 0.204. The second kappa shape index (κ2) is 5.49. The third-order valence-corrected chi connectivity index (χ3v) is 4.09. The molecule has 0 radical (unpaired) electrons. The minimum Gasteiger partial charge on any atom is -0.397 e. The number of carbonyl (C=O) groups excluding carboxylic acids is 1. The fourth-order valence-electron chi connectivity index (χ4n) is 1.94. The van der Waals surface area contributed by atoms with Gasteiger partial charge in [0.1, 0.15) is 4.88 Å². The van der Waals surface area contributed by atoms with Crippen molar-refractivity contribution in [3.05, 3.63) is 35.1 Å². The van der Waals surface area contributed by atoms with E-state index < -0.39 is 0 Å². The molecule has 21 heavy (non-hydrogen) atoms. The summed E-state index contributed by atoms with van der Waals surface area (Å²) in [5, 5.41) is 7.35. The Hall–Kier alpha value is -2.48. The van der Waals surface area contributed by atoms with E-state index in [1.54, 1.807) is 25.4 Å². The average Bonchev–Trinajstić information content (AvgIpc) is 3.03. The number of pyridine rings is 1. The lowest BCUT2D eigenvalue weighted by molar-refractivity contribution is 0.0958. The van der Waals surface area contributed by atoms with Gasteiger partial charge in [0.15, 0.2) is 5.82 Å². The van der Waals surface area contributed by atoms with E-state index in [2.05, 4.69) is 20.4 Å². The Morgan fingerprint density at radius 2 is 2.38 bits per heavy atom. The number of aromatic nitrogens is 3. The monoisotopic (exact) mass is 303 g/mol. The number of nitrogen functional groups attached to an aromatic ring is 1.